The van der Waals surface area contributed by atoms with Gasteiger partial charge in [0.1, 0.15) is 0 Å². The van der Waals surface area contributed by atoms with Crippen LogP contribution in [0, 0.1) is 6.92 Å². The molecular formula is C18H14BrN. The molecule has 0 fully saturated rings. The van der Waals surface area contributed by atoms with Gasteiger partial charge in [-0.25, -0.2) is 0 Å². The fourth-order valence-electron chi connectivity index (χ4n) is 2.39. The summed E-state index contributed by atoms with van der Waals surface area (Å²) < 4.78 is 0.996. The highest BCUT2D eigenvalue weighted by molar-refractivity contribution is 9.10. The van der Waals surface area contributed by atoms with Crippen LogP contribution >= 0.6 is 15.9 Å². The van der Waals surface area contributed by atoms with Crippen LogP contribution in [0.3, 0.4) is 0 Å². The highest BCUT2D eigenvalue weighted by Crippen LogP contribution is 2.33. The molecule has 3 rings (SSSR count). The van der Waals surface area contributed by atoms with Crippen LogP contribution < -0.4 is 0 Å². The summed E-state index contributed by atoms with van der Waals surface area (Å²) in [5, 5.41) is 0. The lowest BCUT2D eigenvalue weighted by Crippen LogP contribution is -1.91. The summed E-state index contributed by atoms with van der Waals surface area (Å²) in [6, 6.07) is 20.9. The van der Waals surface area contributed by atoms with Gasteiger partial charge in [0.15, 0.2) is 0 Å². The van der Waals surface area contributed by atoms with Crippen LogP contribution in [0.1, 0.15) is 5.56 Å². The molecule has 0 saturated carbocycles. The van der Waals surface area contributed by atoms with Gasteiger partial charge in [0.25, 0.3) is 0 Å². The maximum absolute atomic E-state index is 4.55. The molecule has 2 heteroatoms. The van der Waals surface area contributed by atoms with Gasteiger partial charge in [0, 0.05) is 16.2 Å². The van der Waals surface area contributed by atoms with E-state index in [1.165, 1.54) is 22.3 Å². The Morgan fingerprint density at radius 1 is 0.850 bits per heavy atom. The van der Waals surface area contributed by atoms with Crippen molar-refractivity contribution in [1.82, 2.24) is 4.98 Å². The van der Waals surface area contributed by atoms with Gasteiger partial charge in [0.2, 0.25) is 0 Å². The van der Waals surface area contributed by atoms with E-state index in [4.69, 9.17) is 0 Å². The molecule has 0 atom stereocenters. The van der Waals surface area contributed by atoms with E-state index in [0.717, 1.165) is 10.2 Å². The number of aromatic nitrogens is 1. The first-order chi connectivity index (χ1) is 9.75. The highest BCUT2D eigenvalue weighted by atomic mass is 79.9. The molecule has 0 N–H and O–H groups in total. The molecule has 0 aliphatic rings. The minimum absolute atomic E-state index is 0.996. The third kappa shape index (κ3) is 2.52. The van der Waals surface area contributed by atoms with Crippen molar-refractivity contribution >= 4 is 15.9 Å². The fourth-order valence-corrected chi connectivity index (χ4v) is 2.62. The van der Waals surface area contributed by atoms with Gasteiger partial charge in [-0.15, -0.1) is 0 Å². The van der Waals surface area contributed by atoms with E-state index in [1.54, 1.807) is 0 Å². The molecular weight excluding hydrogens is 310 g/mol. The van der Waals surface area contributed by atoms with Crippen molar-refractivity contribution in [3.63, 3.8) is 0 Å². The smallest absolute Gasteiger partial charge is 0.0711 e. The standard InChI is InChI=1S/C18H14BrN/c1-13-6-5-9-16(14-7-3-2-4-8-14)18(13)17-11-10-15(19)12-20-17/h2-12H,1H3. The summed E-state index contributed by atoms with van der Waals surface area (Å²) in [4.78, 5) is 4.55. The SMILES string of the molecule is Cc1cccc(-c2ccccc2)c1-c1ccc(Br)cn1. The molecule has 0 spiro atoms. The number of pyridine rings is 1. The Hall–Kier alpha value is -1.93. The van der Waals surface area contributed by atoms with Crippen molar-refractivity contribution in [2.24, 2.45) is 0 Å². The molecule has 20 heavy (non-hydrogen) atoms. The molecule has 1 heterocycles. The molecule has 2 aromatic carbocycles. The van der Waals surface area contributed by atoms with Crippen molar-refractivity contribution in [2.75, 3.05) is 0 Å². The van der Waals surface area contributed by atoms with E-state index in [-0.39, 0.29) is 0 Å². The Morgan fingerprint density at radius 2 is 1.65 bits per heavy atom. The summed E-state index contributed by atoms with van der Waals surface area (Å²) in [6.07, 6.45) is 1.84. The number of hydrogen-bond donors (Lipinski definition) is 0. The zero-order chi connectivity index (χ0) is 13.9. The quantitative estimate of drug-likeness (QED) is 0.608. The highest BCUT2D eigenvalue weighted by Gasteiger charge is 2.10. The van der Waals surface area contributed by atoms with Gasteiger partial charge in [-0.3, -0.25) is 4.98 Å². The van der Waals surface area contributed by atoms with E-state index < -0.39 is 0 Å². The third-order valence-electron chi connectivity index (χ3n) is 3.34. The third-order valence-corrected chi connectivity index (χ3v) is 3.81. The van der Waals surface area contributed by atoms with Crippen molar-refractivity contribution < 1.29 is 0 Å². The van der Waals surface area contributed by atoms with Crippen molar-refractivity contribution in [3.8, 4) is 22.4 Å². The van der Waals surface area contributed by atoms with Gasteiger partial charge in [0.05, 0.1) is 5.69 Å². The maximum atomic E-state index is 4.55. The van der Waals surface area contributed by atoms with E-state index in [9.17, 15) is 0 Å². The molecule has 0 radical (unpaired) electrons. The van der Waals surface area contributed by atoms with Gasteiger partial charge in [-0.05, 0) is 51.7 Å². The van der Waals surface area contributed by atoms with E-state index >= 15 is 0 Å². The van der Waals surface area contributed by atoms with Crippen LogP contribution in [0.25, 0.3) is 22.4 Å². The van der Waals surface area contributed by atoms with Crippen LogP contribution in [-0.4, -0.2) is 4.98 Å². The van der Waals surface area contributed by atoms with Crippen LogP contribution in [0.15, 0.2) is 71.3 Å². The molecule has 3 aromatic rings. The Balaban J connectivity index is 2.22. The first-order valence-corrected chi connectivity index (χ1v) is 7.32. The van der Waals surface area contributed by atoms with E-state index in [0.29, 0.717) is 0 Å². The maximum Gasteiger partial charge on any atom is 0.0711 e. The second kappa shape index (κ2) is 5.59. The number of rotatable bonds is 2. The lowest BCUT2D eigenvalue weighted by molar-refractivity contribution is 1.29. The average molecular weight is 324 g/mol. The molecule has 0 amide bonds. The fraction of sp³-hybridized carbons (Fsp3) is 0.0556. The van der Waals surface area contributed by atoms with E-state index in [2.05, 4.69) is 76.4 Å². The first-order valence-electron chi connectivity index (χ1n) is 6.52. The zero-order valence-corrected chi connectivity index (χ0v) is 12.8. The summed E-state index contributed by atoms with van der Waals surface area (Å²) in [6.45, 7) is 2.13. The number of aryl methyl sites for hydroxylation is 1. The second-order valence-corrected chi connectivity index (χ2v) is 5.64. The topological polar surface area (TPSA) is 12.9 Å². The average Bonchev–Trinajstić information content (AvgIpc) is 2.49. The van der Waals surface area contributed by atoms with Gasteiger partial charge in [-0.1, -0.05) is 48.5 Å². The molecule has 0 unspecified atom stereocenters. The first kappa shape index (κ1) is 13.1. The van der Waals surface area contributed by atoms with Gasteiger partial charge < -0.3 is 0 Å². The minimum Gasteiger partial charge on any atom is -0.255 e. The molecule has 0 aliphatic heterocycles. The van der Waals surface area contributed by atoms with Gasteiger partial charge >= 0.3 is 0 Å². The van der Waals surface area contributed by atoms with Crippen LogP contribution in [0.4, 0.5) is 0 Å². The van der Waals surface area contributed by atoms with Crippen LogP contribution in [0.5, 0.6) is 0 Å². The Morgan fingerprint density at radius 3 is 2.35 bits per heavy atom. The van der Waals surface area contributed by atoms with E-state index in [1.807, 2.05) is 18.3 Å². The Labute approximate surface area is 127 Å². The largest absolute Gasteiger partial charge is 0.255 e. The van der Waals surface area contributed by atoms with Gasteiger partial charge in [-0.2, -0.15) is 0 Å². The van der Waals surface area contributed by atoms with Crippen LogP contribution in [-0.2, 0) is 0 Å². The van der Waals surface area contributed by atoms with Crippen molar-refractivity contribution in [1.29, 1.82) is 0 Å². The summed E-state index contributed by atoms with van der Waals surface area (Å²) in [5.74, 6) is 0. The molecule has 0 saturated heterocycles. The molecule has 98 valence electrons. The predicted octanol–water partition coefficient (Wildman–Crippen LogP) is 5.49. The number of nitrogens with zero attached hydrogens (tertiary/aromatic N) is 1. The normalized spacial score (nSPS) is 10.5. The minimum atomic E-state index is 0.996. The molecule has 1 nitrogen and oxygen atoms in total. The monoisotopic (exact) mass is 323 g/mol. The predicted molar refractivity (Wildman–Crippen MR) is 87.5 cm³/mol. The Bertz CT molecular complexity index is 718. The Kier molecular flexibility index (Phi) is 3.66. The van der Waals surface area contributed by atoms with Crippen molar-refractivity contribution in [2.45, 2.75) is 6.92 Å². The molecule has 1 aromatic heterocycles. The lowest BCUT2D eigenvalue weighted by Gasteiger charge is -2.12. The number of hydrogen-bond acceptors (Lipinski definition) is 1. The second-order valence-electron chi connectivity index (χ2n) is 4.73. The number of benzene rings is 2. The lowest BCUT2D eigenvalue weighted by atomic mass is 9.94. The van der Waals surface area contributed by atoms with Crippen molar-refractivity contribution in [3.05, 3.63) is 76.9 Å². The number of halogens is 1. The molecule has 0 bridgehead atoms. The summed E-state index contributed by atoms with van der Waals surface area (Å²) >= 11 is 3.44. The summed E-state index contributed by atoms with van der Waals surface area (Å²) in [5.41, 5.74) is 5.88. The molecule has 0 aliphatic carbocycles. The van der Waals surface area contributed by atoms with Crippen LogP contribution in [0.2, 0.25) is 0 Å². The zero-order valence-electron chi connectivity index (χ0n) is 11.2. The summed E-state index contributed by atoms with van der Waals surface area (Å²) in [7, 11) is 0.